The van der Waals surface area contributed by atoms with Crippen LogP contribution < -0.4 is 20.2 Å². The summed E-state index contributed by atoms with van der Waals surface area (Å²) in [5.41, 5.74) is 3.62. The van der Waals surface area contributed by atoms with Gasteiger partial charge in [0.2, 0.25) is 0 Å². The molecule has 0 heterocycles. The Hall–Kier alpha value is -2.35. The second-order valence-electron chi connectivity index (χ2n) is 5.15. The van der Waals surface area contributed by atoms with Gasteiger partial charge in [-0.05, 0) is 61.1 Å². The SMILES string of the molecule is CCNC(=S)NN=Cc1ccc(OC(=O)c2ccc(Cl)cc2Cl)c(OC)c1. The van der Waals surface area contributed by atoms with Gasteiger partial charge in [-0.15, -0.1) is 0 Å². The van der Waals surface area contributed by atoms with Crippen LogP contribution in [0.15, 0.2) is 41.5 Å². The van der Waals surface area contributed by atoms with E-state index in [2.05, 4.69) is 15.8 Å². The van der Waals surface area contributed by atoms with Crippen LogP contribution in [0.1, 0.15) is 22.8 Å². The Morgan fingerprint density at radius 1 is 1.22 bits per heavy atom. The van der Waals surface area contributed by atoms with Crippen LogP contribution in [-0.4, -0.2) is 31.0 Å². The van der Waals surface area contributed by atoms with E-state index < -0.39 is 5.97 Å². The van der Waals surface area contributed by atoms with E-state index >= 15 is 0 Å². The van der Waals surface area contributed by atoms with Gasteiger partial charge in [0.25, 0.3) is 0 Å². The van der Waals surface area contributed by atoms with E-state index in [-0.39, 0.29) is 16.3 Å². The number of thiocarbonyl (C=S) groups is 1. The molecule has 142 valence electrons. The van der Waals surface area contributed by atoms with Gasteiger partial charge in [-0.2, -0.15) is 5.10 Å². The van der Waals surface area contributed by atoms with Crippen LogP contribution in [0.25, 0.3) is 0 Å². The zero-order valence-corrected chi connectivity index (χ0v) is 16.9. The van der Waals surface area contributed by atoms with Gasteiger partial charge in [0, 0.05) is 11.6 Å². The molecular formula is C18H17Cl2N3O3S. The number of hydrazone groups is 1. The molecular weight excluding hydrogens is 409 g/mol. The van der Waals surface area contributed by atoms with Crippen LogP contribution in [-0.2, 0) is 0 Å². The minimum Gasteiger partial charge on any atom is -0.493 e. The fourth-order valence-electron chi connectivity index (χ4n) is 2.02. The number of carbonyl (C=O) groups excluding carboxylic acids is 1. The Morgan fingerprint density at radius 3 is 2.67 bits per heavy atom. The average Bonchev–Trinajstić information content (AvgIpc) is 2.62. The molecule has 2 aromatic carbocycles. The van der Waals surface area contributed by atoms with Gasteiger partial charge in [0.1, 0.15) is 0 Å². The largest absolute Gasteiger partial charge is 0.493 e. The van der Waals surface area contributed by atoms with E-state index in [1.165, 1.54) is 19.2 Å². The predicted molar refractivity (Wildman–Crippen MR) is 111 cm³/mol. The standard InChI is InChI=1S/C18H17Cl2N3O3S/c1-3-21-18(27)23-22-10-11-4-7-15(16(8-11)25-2)26-17(24)13-6-5-12(19)9-14(13)20/h4-10H,3H2,1-2H3,(H2,21,23,27). The lowest BCUT2D eigenvalue weighted by atomic mass is 10.2. The summed E-state index contributed by atoms with van der Waals surface area (Å²) < 4.78 is 10.7. The van der Waals surface area contributed by atoms with Crippen molar-refractivity contribution in [3.05, 3.63) is 57.6 Å². The zero-order chi connectivity index (χ0) is 19.8. The van der Waals surface area contributed by atoms with Gasteiger partial charge < -0.3 is 14.8 Å². The van der Waals surface area contributed by atoms with E-state index in [1.807, 2.05) is 6.92 Å². The van der Waals surface area contributed by atoms with Crippen LogP contribution in [0.3, 0.4) is 0 Å². The molecule has 0 aliphatic heterocycles. The van der Waals surface area contributed by atoms with E-state index in [0.29, 0.717) is 22.4 Å². The minimum absolute atomic E-state index is 0.204. The molecule has 9 heteroatoms. The summed E-state index contributed by atoms with van der Waals surface area (Å²) in [5.74, 6) is 0.00230. The molecule has 0 atom stereocenters. The molecule has 0 radical (unpaired) electrons. The quantitative estimate of drug-likeness (QED) is 0.239. The maximum atomic E-state index is 12.3. The Bertz CT molecular complexity index is 875. The summed E-state index contributed by atoms with van der Waals surface area (Å²) in [6, 6.07) is 9.53. The monoisotopic (exact) mass is 425 g/mol. The first kappa shape index (κ1) is 21.0. The number of halogens is 2. The molecule has 2 N–H and O–H groups in total. The first-order chi connectivity index (χ1) is 12.9. The van der Waals surface area contributed by atoms with Gasteiger partial charge in [-0.1, -0.05) is 23.2 Å². The van der Waals surface area contributed by atoms with E-state index in [9.17, 15) is 4.79 Å². The number of nitrogens with one attached hydrogen (secondary N) is 2. The van der Waals surface area contributed by atoms with Crippen molar-refractivity contribution in [2.45, 2.75) is 6.92 Å². The van der Waals surface area contributed by atoms with Crippen molar-refractivity contribution in [1.82, 2.24) is 10.7 Å². The number of carbonyl (C=O) groups is 1. The topological polar surface area (TPSA) is 72.0 Å². The number of rotatable bonds is 6. The third kappa shape index (κ3) is 6.09. The summed E-state index contributed by atoms with van der Waals surface area (Å²) >= 11 is 16.9. The first-order valence-electron chi connectivity index (χ1n) is 7.86. The number of esters is 1. The van der Waals surface area contributed by atoms with Gasteiger partial charge in [0.05, 0.1) is 23.9 Å². The molecule has 0 fully saturated rings. The molecule has 0 unspecified atom stereocenters. The fourth-order valence-corrected chi connectivity index (χ4v) is 2.71. The van der Waals surface area contributed by atoms with Gasteiger partial charge >= 0.3 is 5.97 Å². The Labute approximate surface area is 172 Å². The second kappa shape index (κ2) is 10.1. The number of methoxy groups -OCH3 is 1. The second-order valence-corrected chi connectivity index (χ2v) is 6.41. The molecule has 0 saturated heterocycles. The smallest absolute Gasteiger partial charge is 0.345 e. The van der Waals surface area contributed by atoms with Crippen molar-refractivity contribution in [2.24, 2.45) is 5.10 Å². The van der Waals surface area contributed by atoms with Crippen molar-refractivity contribution in [1.29, 1.82) is 0 Å². The number of hydrogen-bond donors (Lipinski definition) is 2. The van der Waals surface area contributed by atoms with Gasteiger partial charge in [-0.3, -0.25) is 5.43 Å². The molecule has 0 aromatic heterocycles. The Kier molecular flexibility index (Phi) is 7.84. The molecule has 6 nitrogen and oxygen atoms in total. The first-order valence-corrected chi connectivity index (χ1v) is 9.03. The minimum atomic E-state index is -0.617. The fraction of sp³-hybridized carbons (Fsp3) is 0.167. The normalized spacial score (nSPS) is 10.5. The molecule has 0 aliphatic rings. The highest BCUT2D eigenvalue weighted by Crippen LogP contribution is 2.29. The van der Waals surface area contributed by atoms with Crippen molar-refractivity contribution >= 4 is 52.7 Å². The number of hydrogen-bond acceptors (Lipinski definition) is 5. The van der Waals surface area contributed by atoms with Crippen molar-refractivity contribution < 1.29 is 14.3 Å². The molecule has 0 amide bonds. The van der Waals surface area contributed by atoms with Crippen LogP contribution >= 0.6 is 35.4 Å². The molecule has 2 rings (SSSR count). The molecule has 0 bridgehead atoms. The molecule has 0 saturated carbocycles. The van der Waals surface area contributed by atoms with Gasteiger partial charge in [-0.25, -0.2) is 4.79 Å². The summed E-state index contributed by atoms with van der Waals surface area (Å²) in [6.07, 6.45) is 1.56. The zero-order valence-electron chi connectivity index (χ0n) is 14.6. The van der Waals surface area contributed by atoms with Crippen molar-refractivity contribution in [2.75, 3.05) is 13.7 Å². The average molecular weight is 426 g/mol. The van der Waals surface area contributed by atoms with Crippen LogP contribution in [0.2, 0.25) is 10.0 Å². The summed E-state index contributed by atoms with van der Waals surface area (Å²) in [7, 11) is 1.47. The van der Waals surface area contributed by atoms with Gasteiger partial charge in [0.15, 0.2) is 16.6 Å². The highest BCUT2D eigenvalue weighted by atomic mass is 35.5. The summed E-state index contributed by atoms with van der Waals surface area (Å²) in [5, 5.41) is 7.99. The van der Waals surface area contributed by atoms with Crippen LogP contribution in [0, 0.1) is 0 Å². The van der Waals surface area contributed by atoms with Crippen LogP contribution in [0.4, 0.5) is 0 Å². The molecule has 0 aliphatic carbocycles. The lowest BCUT2D eigenvalue weighted by Crippen LogP contribution is -2.31. The number of ether oxygens (including phenoxy) is 2. The lowest BCUT2D eigenvalue weighted by Gasteiger charge is -2.11. The lowest BCUT2D eigenvalue weighted by molar-refractivity contribution is 0.0730. The highest BCUT2D eigenvalue weighted by molar-refractivity contribution is 7.80. The molecule has 2 aromatic rings. The van der Waals surface area contributed by atoms with Crippen molar-refractivity contribution in [3.63, 3.8) is 0 Å². The number of benzene rings is 2. The Morgan fingerprint density at radius 2 is 2.00 bits per heavy atom. The third-order valence-electron chi connectivity index (χ3n) is 3.26. The molecule has 0 spiro atoms. The molecule has 27 heavy (non-hydrogen) atoms. The predicted octanol–water partition coefficient (Wildman–Crippen LogP) is 4.04. The van der Waals surface area contributed by atoms with Crippen molar-refractivity contribution in [3.8, 4) is 11.5 Å². The van der Waals surface area contributed by atoms with E-state index in [1.54, 1.807) is 30.5 Å². The third-order valence-corrected chi connectivity index (χ3v) is 4.04. The van der Waals surface area contributed by atoms with Crippen LogP contribution in [0.5, 0.6) is 11.5 Å². The van der Waals surface area contributed by atoms with E-state index in [0.717, 1.165) is 5.56 Å². The maximum Gasteiger partial charge on any atom is 0.345 e. The Balaban J connectivity index is 2.12. The highest BCUT2D eigenvalue weighted by Gasteiger charge is 2.16. The maximum absolute atomic E-state index is 12.3. The van der Waals surface area contributed by atoms with E-state index in [4.69, 9.17) is 44.9 Å². The number of nitrogens with zero attached hydrogens (tertiary/aromatic N) is 1. The summed E-state index contributed by atoms with van der Waals surface area (Å²) in [4.78, 5) is 12.3. The summed E-state index contributed by atoms with van der Waals surface area (Å²) in [6.45, 7) is 2.63.